The van der Waals surface area contributed by atoms with Gasteiger partial charge in [-0.25, -0.2) is 0 Å². The van der Waals surface area contributed by atoms with Gasteiger partial charge in [-0.2, -0.15) is 0 Å². The van der Waals surface area contributed by atoms with E-state index in [0.29, 0.717) is 0 Å². The van der Waals surface area contributed by atoms with Crippen LogP contribution in [0, 0.1) is 0 Å². The van der Waals surface area contributed by atoms with Crippen molar-refractivity contribution in [1.82, 2.24) is 5.43 Å². The van der Waals surface area contributed by atoms with Crippen LogP contribution in [0.4, 0.5) is 0 Å². The normalized spacial score (nSPS) is 20.0. The molecule has 3 nitrogen and oxygen atoms in total. The number of hydrogen-bond donors (Lipinski definition) is 1. The van der Waals surface area contributed by atoms with Crippen molar-refractivity contribution in [3.8, 4) is 0 Å². The van der Waals surface area contributed by atoms with Crippen LogP contribution in [0.1, 0.15) is 36.7 Å². The molecule has 4 heteroatoms. The summed E-state index contributed by atoms with van der Waals surface area (Å²) in [6.45, 7) is 6.35. The van der Waals surface area contributed by atoms with Crippen molar-refractivity contribution in [3.63, 3.8) is 0 Å². The Morgan fingerprint density at radius 3 is 2.17 bits per heavy atom. The van der Waals surface area contributed by atoms with E-state index in [4.69, 9.17) is 4.99 Å². The standard InChI is InChI=1S/C19H21N3Se/c1-19(2,3)20-18-22-21-16(14-10-6-4-7-11-14)17(23-18)15-12-8-5-9-13-15/h4-13,17H,1-3H3,(H,20,22). The molecule has 2 aromatic carbocycles. The van der Waals surface area contributed by atoms with Gasteiger partial charge in [-0.1, -0.05) is 0 Å². The van der Waals surface area contributed by atoms with Crippen LogP contribution < -0.4 is 5.43 Å². The zero-order valence-electron chi connectivity index (χ0n) is 13.7. The van der Waals surface area contributed by atoms with Crippen molar-refractivity contribution in [2.75, 3.05) is 0 Å². The fourth-order valence-corrected chi connectivity index (χ4v) is 5.00. The predicted molar refractivity (Wildman–Crippen MR) is 98.2 cm³/mol. The molecule has 0 aromatic heterocycles. The Morgan fingerprint density at radius 2 is 1.57 bits per heavy atom. The van der Waals surface area contributed by atoms with Gasteiger partial charge in [0.1, 0.15) is 0 Å². The van der Waals surface area contributed by atoms with E-state index in [1.807, 2.05) is 6.07 Å². The van der Waals surface area contributed by atoms with Gasteiger partial charge in [-0.3, -0.25) is 0 Å². The van der Waals surface area contributed by atoms with E-state index in [0.717, 1.165) is 10.4 Å². The Labute approximate surface area is 144 Å². The monoisotopic (exact) mass is 371 g/mol. The third kappa shape index (κ3) is 4.09. The molecule has 1 aliphatic heterocycles. The van der Waals surface area contributed by atoms with E-state index in [1.165, 1.54) is 11.1 Å². The molecule has 2 aromatic rings. The SMILES string of the molecule is CC(C)(C)N=C1NN=C(c2ccccc2)C(c2ccccc2)[Se]1. The van der Waals surface area contributed by atoms with Gasteiger partial charge < -0.3 is 0 Å². The van der Waals surface area contributed by atoms with E-state index < -0.39 is 0 Å². The molecule has 0 saturated heterocycles. The molecule has 1 unspecified atom stereocenters. The fourth-order valence-electron chi connectivity index (χ4n) is 2.40. The van der Waals surface area contributed by atoms with E-state index in [2.05, 4.69) is 85.9 Å². The first kappa shape index (κ1) is 16.0. The third-order valence-electron chi connectivity index (χ3n) is 3.36. The van der Waals surface area contributed by atoms with Crippen LogP contribution in [0.2, 0.25) is 0 Å². The summed E-state index contributed by atoms with van der Waals surface area (Å²) >= 11 is 0.182. The summed E-state index contributed by atoms with van der Waals surface area (Å²) in [5, 5.41) is 4.67. The van der Waals surface area contributed by atoms with Gasteiger partial charge in [0, 0.05) is 0 Å². The van der Waals surface area contributed by atoms with Crippen molar-refractivity contribution in [2.45, 2.75) is 31.1 Å². The maximum absolute atomic E-state index is 4.80. The van der Waals surface area contributed by atoms with Crippen molar-refractivity contribution < 1.29 is 0 Å². The van der Waals surface area contributed by atoms with Crippen LogP contribution >= 0.6 is 0 Å². The van der Waals surface area contributed by atoms with Gasteiger partial charge in [0.2, 0.25) is 0 Å². The summed E-state index contributed by atoms with van der Waals surface area (Å²) in [6, 6.07) is 21.0. The van der Waals surface area contributed by atoms with Crippen molar-refractivity contribution >= 4 is 25.4 Å². The molecular weight excluding hydrogens is 349 g/mol. The van der Waals surface area contributed by atoms with E-state index >= 15 is 0 Å². The number of rotatable bonds is 2. The molecule has 0 radical (unpaired) electrons. The Hall–Kier alpha value is -1.90. The average Bonchev–Trinajstić information content (AvgIpc) is 2.55. The second kappa shape index (κ2) is 6.69. The maximum atomic E-state index is 4.80. The van der Waals surface area contributed by atoms with Gasteiger partial charge in [-0.15, -0.1) is 0 Å². The van der Waals surface area contributed by atoms with Crippen LogP contribution in [-0.4, -0.2) is 30.9 Å². The van der Waals surface area contributed by atoms with Crippen LogP contribution in [0.5, 0.6) is 0 Å². The predicted octanol–water partition coefficient (Wildman–Crippen LogP) is 3.59. The van der Waals surface area contributed by atoms with Crippen molar-refractivity contribution in [3.05, 3.63) is 71.8 Å². The van der Waals surface area contributed by atoms with Gasteiger partial charge in [0.15, 0.2) is 0 Å². The number of nitrogens with zero attached hydrogens (tertiary/aromatic N) is 2. The molecule has 0 spiro atoms. The Balaban J connectivity index is 2.01. The van der Waals surface area contributed by atoms with Gasteiger partial charge in [-0.05, 0) is 0 Å². The summed E-state index contributed by atoms with van der Waals surface area (Å²) in [7, 11) is 0. The Kier molecular flexibility index (Phi) is 4.65. The van der Waals surface area contributed by atoms with Gasteiger partial charge in [0.05, 0.1) is 0 Å². The molecule has 0 amide bonds. The second-order valence-corrected chi connectivity index (χ2v) is 8.77. The molecule has 23 heavy (non-hydrogen) atoms. The summed E-state index contributed by atoms with van der Waals surface area (Å²) in [5.74, 6) is 0. The number of hydrazone groups is 1. The topological polar surface area (TPSA) is 36.8 Å². The second-order valence-electron chi connectivity index (χ2n) is 6.47. The molecule has 1 atom stereocenters. The number of aliphatic imine (C=N–C) groups is 1. The summed E-state index contributed by atoms with van der Waals surface area (Å²) in [5.41, 5.74) is 6.67. The van der Waals surface area contributed by atoms with Crippen molar-refractivity contribution in [2.24, 2.45) is 10.1 Å². The molecule has 0 aliphatic carbocycles. The molecule has 3 rings (SSSR count). The molecule has 0 saturated carbocycles. The first-order chi connectivity index (χ1) is 11.0. The molecule has 1 heterocycles. The molecule has 1 aliphatic rings. The fraction of sp³-hybridized carbons (Fsp3) is 0.263. The number of hydrogen-bond acceptors (Lipinski definition) is 2. The molecule has 118 valence electrons. The zero-order valence-corrected chi connectivity index (χ0v) is 15.4. The van der Waals surface area contributed by atoms with Crippen LogP contribution in [0.3, 0.4) is 0 Å². The van der Waals surface area contributed by atoms with E-state index in [9.17, 15) is 0 Å². The first-order valence-corrected chi connectivity index (χ1v) is 9.58. The van der Waals surface area contributed by atoms with Crippen LogP contribution in [0.25, 0.3) is 0 Å². The summed E-state index contributed by atoms with van der Waals surface area (Å²) < 4.78 is 1.01. The van der Waals surface area contributed by atoms with Crippen LogP contribution in [0.15, 0.2) is 70.8 Å². The average molecular weight is 370 g/mol. The Morgan fingerprint density at radius 1 is 0.957 bits per heavy atom. The third-order valence-corrected chi connectivity index (χ3v) is 5.74. The number of amidine groups is 1. The van der Waals surface area contributed by atoms with E-state index in [-0.39, 0.29) is 25.3 Å². The number of nitrogens with one attached hydrogen (secondary N) is 1. The molecule has 1 N–H and O–H groups in total. The summed E-state index contributed by atoms with van der Waals surface area (Å²) in [6.07, 6.45) is 0. The quantitative estimate of drug-likeness (QED) is 0.806. The van der Waals surface area contributed by atoms with Gasteiger partial charge >= 0.3 is 144 Å². The summed E-state index contributed by atoms with van der Waals surface area (Å²) in [4.78, 5) is 5.08. The Bertz CT molecular complexity index is 715. The minimum absolute atomic E-state index is 0.0922. The number of benzene rings is 2. The molecular formula is C19H21N3Se. The molecule has 0 fully saturated rings. The van der Waals surface area contributed by atoms with Gasteiger partial charge in [0.25, 0.3) is 0 Å². The van der Waals surface area contributed by atoms with Crippen LogP contribution in [-0.2, 0) is 0 Å². The minimum atomic E-state index is -0.0922. The zero-order chi connectivity index (χ0) is 16.3. The van der Waals surface area contributed by atoms with E-state index in [1.54, 1.807) is 0 Å². The van der Waals surface area contributed by atoms with Crippen molar-refractivity contribution in [1.29, 1.82) is 0 Å². The first-order valence-electron chi connectivity index (χ1n) is 7.73. The molecule has 0 bridgehead atoms.